The SMILES string of the molecule is COC(=O)C[C@H](NC(=O)C(CCC(C)C)n1ccc(CCN(C)CCOCCOCCOCCO)cc1=O)c1cccc(-c2c(C)cc(C)cc2C)c1. The van der Waals surface area contributed by atoms with Gasteiger partial charge in [0.05, 0.1) is 65.8 Å². The highest BCUT2D eigenvalue weighted by Crippen LogP contribution is 2.31. The third kappa shape index (κ3) is 14.8. The van der Waals surface area contributed by atoms with Gasteiger partial charge in [-0.1, -0.05) is 49.7 Å². The molecule has 0 aliphatic carbocycles. The van der Waals surface area contributed by atoms with Crippen LogP contribution in [0.1, 0.15) is 73.0 Å². The third-order valence-corrected chi connectivity index (χ3v) is 9.22. The Labute approximate surface area is 315 Å². The van der Waals surface area contributed by atoms with Crippen molar-refractivity contribution in [2.45, 2.75) is 72.4 Å². The minimum Gasteiger partial charge on any atom is -0.469 e. The monoisotopic (exact) mass is 735 g/mol. The maximum atomic E-state index is 14.1. The molecule has 0 aliphatic rings. The number of aliphatic hydroxyl groups is 1. The van der Waals surface area contributed by atoms with Gasteiger partial charge in [0.1, 0.15) is 6.04 Å². The van der Waals surface area contributed by atoms with E-state index in [1.165, 1.54) is 17.2 Å². The van der Waals surface area contributed by atoms with Gasteiger partial charge in [0.2, 0.25) is 5.91 Å². The van der Waals surface area contributed by atoms with Crippen molar-refractivity contribution in [1.82, 2.24) is 14.8 Å². The van der Waals surface area contributed by atoms with E-state index in [2.05, 4.69) is 57.0 Å². The van der Waals surface area contributed by atoms with Gasteiger partial charge in [-0.25, -0.2) is 0 Å². The second kappa shape index (κ2) is 23.0. The normalized spacial score (nSPS) is 12.6. The van der Waals surface area contributed by atoms with Gasteiger partial charge in [-0.3, -0.25) is 14.4 Å². The smallest absolute Gasteiger partial charge is 0.307 e. The molecule has 0 aliphatic heterocycles. The number of hydrogen-bond acceptors (Lipinski definition) is 9. The van der Waals surface area contributed by atoms with Crippen LogP contribution in [-0.2, 0) is 35.0 Å². The summed E-state index contributed by atoms with van der Waals surface area (Å²) in [6.07, 6.45) is 3.56. The van der Waals surface area contributed by atoms with Crippen molar-refractivity contribution in [2.24, 2.45) is 5.92 Å². The average molecular weight is 736 g/mol. The van der Waals surface area contributed by atoms with Crippen molar-refractivity contribution < 1.29 is 33.6 Å². The van der Waals surface area contributed by atoms with E-state index in [1.54, 1.807) is 12.3 Å². The first-order valence-electron chi connectivity index (χ1n) is 18.7. The number of hydrogen-bond donors (Lipinski definition) is 2. The van der Waals surface area contributed by atoms with Crippen LogP contribution in [0, 0.1) is 26.7 Å². The summed E-state index contributed by atoms with van der Waals surface area (Å²) in [5, 5.41) is 11.8. The van der Waals surface area contributed by atoms with E-state index in [4.69, 9.17) is 24.1 Å². The lowest BCUT2D eigenvalue weighted by atomic mass is 9.91. The molecule has 3 rings (SSSR count). The van der Waals surface area contributed by atoms with Crippen molar-refractivity contribution in [3.63, 3.8) is 0 Å². The number of esters is 1. The van der Waals surface area contributed by atoms with Crippen molar-refractivity contribution >= 4 is 11.9 Å². The number of nitrogens with zero attached hydrogens (tertiary/aromatic N) is 2. The standard InChI is InChI=1S/C42H61N3O8/c1-30(2)11-12-38(45-16-14-34(27-39(45)47)13-15-44(6)17-19-51-21-23-53-24-22-52-20-18-46)42(49)43-37(29-40(48)50-7)35-9-8-10-36(28-35)41-32(4)25-31(3)26-33(41)5/h8-10,14,16,25-28,30,37-38,46H,11-13,15,17-24,29H2,1-7H3,(H,43,49)/t37-,38?/m0/s1. The van der Waals surface area contributed by atoms with E-state index in [0.717, 1.165) is 52.9 Å². The number of carbonyl (C=O) groups is 2. The second-order valence-corrected chi connectivity index (χ2v) is 14.1. The Morgan fingerprint density at radius 3 is 2.15 bits per heavy atom. The Bertz CT molecular complexity index is 1620. The fraction of sp³-hybridized carbons (Fsp3) is 0.548. The number of rotatable bonds is 24. The molecule has 11 nitrogen and oxygen atoms in total. The molecular weight excluding hydrogens is 674 g/mol. The maximum Gasteiger partial charge on any atom is 0.307 e. The molecule has 0 saturated carbocycles. The molecule has 1 heterocycles. The van der Waals surface area contributed by atoms with E-state index in [9.17, 15) is 14.4 Å². The van der Waals surface area contributed by atoms with Crippen LogP contribution >= 0.6 is 0 Å². The number of likely N-dealkylation sites (N-methyl/N-ethyl adjacent to an activating group) is 1. The van der Waals surface area contributed by atoms with E-state index < -0.39 is 18.1 Å². The van der Waals surface area contributed by atoms with Crippen LogP contribution in [0.4, 0.5) is 0 Å². The van der Waals surface area contributed by atoms with Gasteiger partial charge in [0.25, 0.3) is 5.56 Å². The fourth-order valence-corrected chi connectivity index (χ4v) is 6.41. The van der Waals surface area contributed by atoms with E-state index in [0.29, 0.717) is 58.4 Å². The highest BCUT2D eigenvalue weighted by Gasteiger charge is 2.27. The lowest BCUT2D eigenvalue weighted by Gasteiger charge is -2.25. The van der Waals surface area contributed by atoms with E-state index in [1.807, 2.05) is 37.4 Å². The molecule has 3 aromatic rings. The third-order valence-electron chi connectivity index (χ3n) is 9.22. The van der Waals surface area contributed by atoms with Crippen molar-refractivity contribution in [3.05, 3.63) is 92.9 Å². The number of ether oxygens (including phenoxy) is 4. The van der Waals surface area contributed by atoms with Gasteiger partial charge in [0, 0.05) is 25.4 Å². The summed E-state index contributed by atoms with van der Waals surface area (Å²) in [4.78, 5) is 42.5. The van der Waals surface area contributed by atoms with Crippen LogP contribution in [0.5, 0.6) is 0 Å². The van der Waals surface area contributed by atoms with Crippen LogP contribution in [0.2, 0.25) is 0 Å². The molecule has 0 saturated heterocycles. The summed E-state index contributed by atoms with van der Waals surface area (Å²) in [7, 11) is 3.35. The molecule has 0 fully saturated rings. The molecule has 11 heteroatoms. The Kier molecular flexibility index (Phi) is 18.9. The molecular formula is C42H61N3O8. The fourth-order valence-electron chi connectivity index (χ4n) is 6.41. The van der Waals surface area contributed by atoms with E-state index >= 15 is 0 Å². The largest absolute Gasteiger partial charge is 0.469 e. The molecule has 1 amide bonds. The molecule has 292 valence electrons. The summed E-state index contributed by atoms with van der Waals surface area (Å²) >= 11 is 0. The molecule has 53 heavy (non-hydrogen) atoms. The predicted octanol–water partition coefficient (Wildman–Crippen LogP) is 5.35. The molecule has 0 spiro atoms. The Balaban J connectivity index is 1.69. The van der Waals surface area contributed by atoms with Crippen LogP contribution in [-0.4, -0.2) is 99.9 Å². The van der Waals surface area contributed by atoms with E-state index in [-0.39, 0.29) is 24.5 Å². The Morgan fingerprint density at radius 1 is 0.868 bits per heavy atom. The lowest BCUT2D eigenvalue weighted by molar-refractivity contribution is -0.141. The topological polar surface area (TPSA) is 129 Å². The highest BCUT2D eigenvalue weighted by molar-refractivity contribution is 5.82. The zero-order valence-corrected chi connectivity index (χ0v) is 32.8. The highest BCUT2D eigenvalue weighted by atomic mass is 16.5. The number of amides is 1. The molecule has 0 radical (unpaired) electrons. The van der Waals surface area contributed by atoms with Gasteiger partial charge >= 0.3 is 5.97 Å². The zero-order chi connectivity index (χ0) is 38.8. The summed E-state index contributed by atoms with van der Waals surface area (Å²) in [5.41, 5.74) is 7.07. The summed E-state index contributed by atoms with van der Waals surface area (Å²) in [5.74, 6) is -0.429. The first-order valence-corrected chi connectivity index (χ1v) is 18.7. The molecule has 2 atom stereocenters. The second-order valence-electron chi connectivity index (χ2n) is 14.1. The van der Waals surface area contributed by atoms with Crippen molar-refractivity contribution in [1.29, 1.82) is 0 Å². The Hall–Kier alpha value is -3.87. The predicted molar refractivity (Wildman–Crippen MR) is 208 cm³/mol. The van der Waals surface area contributed by atoms with Gasteiger partial charge in [-0.15, -0.1) is 0 Å². The van der Waals surface area contributed by atoms with Crippen LogP contribution in [0.15, 0.2) is 59.5 Å². The minimum atomic E-state index is -0.749. The number of aryl methyl sites for hydroxylation is 3. The quantitative estimate of drug-likeness (QED) is 0.0924. The van der Waals surface area contributed by atoms with Crippen LogP contribution in [0.25, 0.3) is 11.1 Å². The van der Waals surface area contributed by atoms with Crippen LogP contribution < -0.4 is 10.9 Å². The molecule has 2 aromatic carbocycles. The maximum absolute atomic E-state index is 14.1. The van der Waals surface area contributed by atoms with Gasteiger partial charge in [0.15, 0.2) is 0 Å². The summed E-state index contributed by atoms with van der Waals surface area (Å²) < 4.78 is 22.8. The molecule has 2 N–H and O–H groups in total. The number of pyridine rings is 1. The van der Waals surface area contributed by atoms with Crippen molar-refractivity contribution in [3.8, 4) is 11.1 Å². The van der Waals surface area contributed by atoms with Gasteiger partial charge in [-0.05, 0) is 98.5 Å². The van der Waals surface area contributed by atoms with Gasteiger partial charge in [-0.2, -0.15) is 0 Å². The minimum absolute atomic E-state index is 0.00384. The van der Waals surface area contributed by atoms with Crippen molar-refractivity contribution in [2.75, 3.05) is 73.5 Å². The number of benzene rings is 2. The molecule has 0 bridgehead atoms. The Morgan fingerprint density at radius 2 is 1.53 bits per heavy atom. The molecule has 1 unspecified atom stereocenters. The lowest BCUT2D eigenvalue weighted by Crippen LogP contribution is -2.39. The van der Waals surface area contributed by atoms with Gasteiger partial charge < -0.3 is 38.8 Å². The number of aromatic nitrogens is 1. The van der Waals surface area contributed by atoms with Crippen LogP contribution in [0.3, 0.4) is 0 Å². The molecule has 1 aromatic heterocycles. The number of nitrogens with one attached hydrogen (secondary N) is 1. The number of aliphatic hydroxyl groups excluding tert-OH is 1. The first-order chi connectivity index (χ1) is 25.4. The number of methoxy groups -OCH3 is 1. The summed E-state index contributed by atoms with van der Waals surface area (Å²) in [6, 6.07) is 14.4. The summed E-state index contributed by atoms with van der Waals surface area (Å²) in [6.45, 7) is 14.7. The number of carbonyl (C=O) groups excluding carboxylic acids is 2. The average Bonchev–Trinajstić information content (AvgIpc) is 3.11. The first kappa shape index (κ1) is 43.5. The zero-order valence-electron chi connectivity index (χ0n) is 32.8.